The Morgan fingerprint density at radius 3 is 2.12 bits per heavy atom. The minimum atomic E-state index is 0.598. The molecule has 0 aliphatic carbocycles. The number of rotatable bonds is 6. The Labute approximate surface area is 144 Å². The van der Waals surface area contributed by atoms with Crippen molar-refractivity contribution in [1.82, 2.24) is 0 Å². The molecule has 3 rings (SSSR count). The molecular weight excluding hydrogens is 294 g/mol. The molecule has 0 amide bonds. The zero-order valence-electron chi connectivity index (χ0n) is 14.3. The molecule has 2 nitrogen and oxygen atoms in total. The van der Waals surface area contributed by atoms with Crippen molar-refractivity contribution in [2.45, 2.75) is 27.0 Å². The molecule has 0 aliphatic heterocycles. The molecule has 0 radical (unpaired) electrons. The summed E-state index contributed by atoms with van der Waals surface area (Å²) >= 11 is 0. The van der Waals surface area contributed by atoms with Gasteiger partial charge in [-0.05, 0) is 48.7 Å². The minimum absolute atomic E-state index is 0.598. The van der Waals surface area contributed by atoms with Crippen LogP contribution >= 0.6 is 0 Å². The van der Waals surface area contributed by atoms with Crippen LogP contribution in [0.4, 0.5) is 5.69 Å². The first kappa shape index (κ1) is 16.1. The maximum atomic E-state index is 5.85. The van der Waals surface area contributed by atoms with Crippen LogP contribution in [-0.4, -0.2) is 0 Å². The smallest absolute Gasteiger partial charge is 0.119 e. The van der Waals surface area contributed by atoms with Gasteiger partial charge in [0.05, 0.1) is 0 Å². The molecule has 0 fully saturated rings. The highest BCUT2D eigenvalue weighted by atomic mass is 16.5. The number of anilines is 1. The van der Waals surface area contributed by atoms with E-state index in [4.69, 9.17) is 4.74 Å². The van der Waals surface area contributed by atoms with E-state index in [1.165, 1.54) is 27.9 Å². The van der Waals surface area contributed by atoms with E-state index in [1.807, 2.05) is 12.1 Å². The van der Waals surface area contributed by atoms with Gasteiger partial charge in [-0.3, -0.25) is 0 Å². The SMILES string of the molecule is Cc1ccc(COc2ccc(CNc3ccccc3C)cc2)cc1. The Morgan fingerprint density at radius 2 is 1.42 bits per heavy atom. The van der Waals surface area contributed by atoms with E-state index < -0.39 is 0 Å². The van der Waals surface area contributed by atoms with Crippen molar-refractivity contribution >= 4 is 5.69 Å². The lowest BCUT2D eigenvalue weighted by Gasteiger charge is -2.10. The van der Waals surface area contributed by atoms with E-state index in [0.717, 1.165) is 12.3 Å². The lowest BCUT2D eigenvalue weighted by atomic mass is 10.1. The first-order valence-corrected chi connectivity index (χ1v) is 8.27. The number of para-hydroxylation sites is 1. The normalized spacial score (nSPS) is 10.4. The van der Waals surface area contributed by atoms with Gasteiger partial charge < -0.3 is 10.1 Å². The van der Waals surface area contributed by atoms with Gasteiger partial charge in [0.2, 0.25) is 0 Å². The van der Waals surface area contributed by atoms with Crippen molar-refractivity contribution in [3.05, 3.63) is 95.1 Å². The molecule has 0 spiro atoms. The molecule has 0 heterocycles. The van der Waals surface area contributed by atoms with E-state index in [1.54, 1.807) is 0 Å². The van der Waals surface area contributed by atoms with Gasteiger partial charge in [-0.25, -0.2) is 0 Å². The molecule has 24 heavy (non-hydrogen) atoms. The van der Waals surface area contributed by atoms with Crippen molar-refractivity contribution in [1.29, 1.82) is 0 Å². The number of nitrogens with one attached hydrogen (secondary N) is 1. The predicted octanol–water partition coefficient (Wildman–Crippen LogP) is 5.49. The summed E-state index contributed by atoms with van der Waals surface area (Å²) in [5.74, 6) is 0.898. The van der Waals surface area contributed by atoms with Gasteiger partial charge >= 0.3 is 0 Å². The Bertz CT molecular complexity index is 776. The van der Waals surface area contributed by atoms with Gasteiger partial charge in [-0.15, -0.1) is 0 Å². The van der Waals surface area contributed by atoms with E-state index in [9.17, 15) is 0 Å². The maximum Gasteiger partial charge on any atom is 0.119 e. The Hall–Kier alpha value is -2.74. The third-order valence-corrected chi connectivity index (χ3v) is 4.08. The molecule has 0 aromatic heterocycles. The van der Waals surface area contributed by atoms with Crippen molar-refractivity contribution in [2.75, 3.05) is 5.32 Å². The van der Waals surface area contributed by atoms with Crippen molar-refractivity contribution in [2.24, 2.45) is 0 Å². The fraction of sp³-hybridized carbons (Fsp3) is 0.182. The monoisotopic (exact) mass is 317 g/mol. The topological polar surface area (TPSA) is 21.3 Å². The minimum Gasteiger partial charge on any atom is -0.489 e. The molecule has 3 aromatic rings. The van der Waals surface area contributed by atoms with Gasteiger partial charge in [0.15, 0.2) is 0 Å². The maximum absolute atomic E-state index is 5.85. The summed E-state index contributed by atoms with van der Waals surface area (Å²) in [7, 11) is 0. The van der Waals surface area contributed by atoms with Crippen molar-refractivity contribution < 1.29 is 4.74 Å². The zero-order valence-corrected chi connectivity index (χ0v) is 14.3. The average molecular weight is 317 g/mol. The van der Waals surface area contributed by atoms with Gasteiger partial charge in [0.25, 0.3) is 0 Å². The molecule has 122 valence electrons. The van der Waals surface area contributed by atoms with Gasteiger partial charge in [-0.1, -0.05) is 60.2 Å². The van der Waals surface area contributed by atoms with E-state index in [2.05, 4.69) is 79.8 Å². The lowest BCUT2D eigenvalue weighted by Crippen LogP contribution is -2.01. The fourth-order valence-corrected chi connectivity index (χ4v) is 2.52. The summed E-state index contributed by atoms with van der Waals surface area (Å²) < 4.78 is 5.85. The van der Waals surface area contributed by atoms with E-state index in [0.29, 0.717) is 6.61 Å². The van der Waals surface area contributed by atoms with E-state index >= 15 is 0 Å². The molecule has 3 aromatic carbocycles. The summed E-state index contributed by atoms with van der Waals surface area (Å²) in [5.41, 5.74) is 6.13. The van der Waals surface area contributed by atoms with Gasteiger partial charge in [0.1, 0.15) is 12.4 Å². The van der Waals surface area contributed by atoms with Crippen molar-refractivity contribution in [3.63, 3.8) is 0 Å². The quantitative estimate of drug-likeness (QED) is 0.648. The van der Waals surface area contributed by atoms with Crippen LogP contribution in [0.3, 0.4) is 0 Å². The van der Waals surface area contributed by atoms with E-state index in [-0.39, 0.29) is 0 Å². The summed E-state index contributed by atoms with van der Waals surface area (Å²) in [5, 5.41) is 3.47. The lowest BCUT2D eigenvalue weighted by molar-refractivity contribution is 0.306. The third-order valence-electron chi connectivity index (χ3n) is 4.08. The zero-order chi connectivity index (χ0) is 16.8. The fourth-order valence-electron chi connectivity index (χ4n) is 2.52. The molecular formula is C22H23NO. The van der Waals surface area contributed by atoms with Crippen LogP contribution < -0.4 is 10.1 Å². The number of ether oxygens (including phenoxy) is 1. The Balaban J connectivity index is 1.53. The molecule has 0 saturated carbocycles. The van der Waals surface area contributed by atoms with Crippen LogP contribution in [0.15, 0.2) is 72.8 Å². The summed E-state index contributed by atoms with van der Waals surface area (Å²) in [6, 6.07) is 25.0. The Kier molecular flexibility index (Phi) is 5.17. The summed E-state index contributed by atoms with van der Waals surface area (Å²) in [6.45, 7) is 5.61. The number of benzene rings is 3. The number of hydrogen-bond acceptors (Lipinski definition) is 2. The van der Waals surface area contributed by atoms with Crippen molar-refractivity contribution in [3.8, 4) is 5.75 Å². The summed E-state index contributed by atoms with van der Waals surface area (Å²) in [6.07, 6.45) is 0. The first-order chi connectivity index (χ1) is 11.7. The highest BCUT2D eigenvalue weighted by Crippen LogP contribution is 2.17. The van der Waals surface area contributed by atoms with Crippen LogP contribution in [0.1, 0.15) is 22.3 Å². The predicted molar refractivity (Wildman–Crippen MR) is 100 cm³/mol. The number of hydrogen-bond donors (Lipinski definition) is 1. The average Bonchev–Trinajstić information content (AvgIpc) is 2.61. The van der Waals surface area contributed by atoms with Crippen LogP contribution in [-0.2, 0) is 13.2 Å². The number of aryl methyl sites for hydroxylation is 2. The second-order valence-corrected chi connectivity index (χ2v) is 6.09. The van der Waals surface area contributed by atoms with Crippen LogP contribution in [0, 0.1) is 13.8 Å². The van der Waals surface area contributed by atoms with Crippen LogP contribution in [0.2, 0.25) is 0 Å². The molecule has 0 unspecified atom stereocenters. The molecule has 2 heteroatoms. The second-order valence-electron chi connectivity index (χ2n) is 6.09. The highest BCUT2D eigenvalue weighted by Gasteiger charge is 1.99. The van der Waals surface area contributed by atoms with Crippen LogP contribution in [0.25, 0.3) is 0 Å². The second kappa shape index (κ2) is 7.69. The highest BCUT2D eigenvalue weighted by molar-refractivity contribution is 5.50. The molecule has 0 atom stereocenters. The molecule has 1 N–H and O–H groups in total. The first-order valence-electron chi connectivity index (χ1n) is 8.27. The third kappa shape index (κ3) is 4.39. The molecule has 0 aliphatic rings. The van der Waals surface area contributed by atoms with Crippen LogP contribution in [0.5, 0.6) is 5.75 Å². The standard InChI is InChI=1S/C22H23NO/c1-17-7-9-20(10-8-17)16-24-21-13-11-19(12-14-21)15-23-22-6-4-3-5-18(22)2/h3-14,23H,15-16H2,1-2H3. The largest absolute Gasteiger partial charge is 0.489 e. The van der Waals surface area contributed by atoms with Gasteiger partial charge in [0, 0.05) is 12.2 Å². The Morgan fingerprint density at radius 1 is 0.750 bits per heavy atom. The molecule has 0 saturated heterocycles. The summed E-state index contributed by atoms with van der Waals surface area (Å²) in [4.78, 5) is 0. The molecule has 0 bridgehead atoms. The van der Waals surface area contributed by atoms with Gasteiger partial charge in [-0.2, -0.15) is 0 Å².